The highest BCUT2D eigenvalue weighted by Crippen LogP contribution is 2.28. The zero-order valence-corrected chi connectivity index (χ0v) is 16.3. The van der Waals surface area contributed by atoms with Gasteiger partial charge in [0.2, 0.25) is 0 Å². The number of amides is 1. The van der Waals surface area contributed by atoms with Crippen LogP contribution in [0.4, 0.5) is 0 Å². The Hall–Kier alpha value is -2.62. The molecule has 3 rings (SSSR count). The zero-order valence-electron chi connectivity index (χ0n) is 14.7. The Morgan fingerprint density at radius 2 is 1.96 bits per heavy atom. The maximum Gasteiger partial charge on any atom is 0.264 e. The second-order valence-electron chi connectivity index (χ2n) is 6.04. The molecule has 0 bridgehead atoms. The number of ether oxygens (including phenoxy) is 2. The SMILES string of the molecule is N#C/C(=C/c1ccc(OCc2ccccc2)c(Br)c1)C(=O)N1CCOCC1. The van der Waals surface area contributed by atoms with E-state index in [2.05, 4.69) is 15.9 Å². The van der Waals surface area contributed by atoms with E-state index in [0.29, 0.717) is 38.7 Å². The van der Waals surface area contributed by atoms with E-state index in [9.17, 15) is 10.1 Å². The molecule has 2 aromatic carbocycles. The number of morpholine rings is 1. The number of carbonyl (C=O) groups excluding carboxylic acids is 1. The zero-order chi connectivity index (χ0) is 19.1. The van der Waals surface area contributed by atoms with Gasteiger partial charge >= 0.3 is 0 Å². The van der Waals surface area contributed by atoms with Crippen molar-refractivity contribution in [3.8, 4) is 11.8 Å². The minimum Gasteiger partial charge on any atom is -0.488 e. The molecule has 138 valence electrons. The van der Waals surface area contributed by atoms with Crippen LogP contribution in [-0.2, 0) is 16.1 Å². The van der Waals surface area contributed by atoms with E-state index in [1.54, 1.807) is 11.0 Å². The molecule has 0 N–H and O–H groups in total. The predicted molar refractivity (Wildman–Crippen MR) is 106 cm³/mol. The van der Waals surface area contributed by atoms with Gasteiger partial charge in [0.15, 0.2) is 0 Å². The van der Waals surface area contributed by atoms with Crippen molar-refractivity contribution in [1.82, 2.24) is 4.90 Å². The fraction of sp³-hybridized carbons (Fsp3) is 0.238. The van der Waals surface area contributed by atoms with Crippen molar-refractivity contribution in [2.75, 3.05) is 26.3 Å². The summed E-state index contributed by atoms with van der Waals surface area (Å²) < 4.78 is 11.8. The van der Waals surface area contributed by atoms with E-state index in [1.165, 1.54) is 0 Å². The number of halogens is 1. The first-order valence-corrected chi connectivity index (χ1v) is 9.42. The topological polar surface area (TPSA) is 62.6 Å². The number of rotatable bonds is 5. The van der Waals surface area contributed by atoms with Crippen LogP contribution in [0.15, 0.2) is 58.6 Å². The van der Waals surface area contributed by atoms with Crippen LogP contribution in [0.1, 0.15) is 11.1 Å². The number of hydrogen-bond acceptors (Lipinski definition) is 4. The average molecular weight is 427 g/mol. The average Bonchev–Trinajstić information content (AvgIpc) is 2.72. The lowest BCUT2D eigenvalue weighted by molar-refractivity contribution is -0.130. The predicted octanol–water partition coefficient (Wildman–Crippen LogP) is 3.79. The molecule has 0 aromatic heterocycles. The quantitative estimate of drug-likeness (QED) is 0.538. The van der Waals surface area contributed by atoms with Crippen LogP contribution in [0.3, 0.4) is 0 Å². The molecule has 2 aromatic rings. The number of hydrogen-bond donors (Lipinski definition) is 0. The van der Waals surface area contributed by atoms with Gasteiger partial charge in [-0.2, -0.15) is 5.26 Å². The van der Waals surface area contributed by atoms with E-state index in [1.807, 2.05) is 54.6 Å². The Bertz CT molecular complexity index is 869. The lowest BCUT2D eigenvalue weighted by Gasteiger charge is -2.26. The molecular formula is C21H19BrN2O3. The summed E-state index contributed by atoms with van der Waals surface area (Å²) in [6, 6.07) is 17.4. The number of nitriles is 1. The van der Waals surface area contributed by atoms with Crippen molar-refractivity contribution in [3.05, 3.63) is 69.7 Å². The van der Waals surface area contributed by atoms with E-state index in [4.69, 9.17) is 9.47 Å². The highest BCUT2D eigenvalue weighted by molar-refractivity contribution is 9.10. The molecule has 5 nitrogen and oxygen atoms in total. The highest BCUT2D eigenvalue weighted by Gasteiger charge is 2.20. The molecule has 1 aliphatic rings. The van der Waals surface area contributed by atoms with Crippen LogP contribution in [0.2, 0.25) is 0 Å². The first kappa shape index (κ1) is 19.2. The fourth-order valence-corrected chi connectivity index (χ4v) is 3.22. The minimum atomic E-state index is -0.263. The minimum absolute atomic E-state index is 0.113. The summed E-state index contributed by atoms with van der Waals surface area (Å²) in [4.78, 5) is 14.1. The molecule has 1 heterocycles. The maximum absolute atomic E-state index is 12.5. The van der Waals surface area contributed by atoms with Crippen LogP contribution < -0.4 is 4.74 Å². The molecule has 0 saturated carbocycles. The van der Waals surface area contributed by atoms with Gasteiger partial charge in [0.25, 0.3) is 5.91 Å². The summed E-state index contributed by atoms with van der Waals surface area (Å²) in [5.74, 6) is 0.440. The summed E-state index contributed by atoms with van der Waals surface area (Å²) in [6.07, 6.45) is 1.60. The number of carbonyl (C=O) groups is 1. The fourth-order valence-electron chi connectivity index (χ4n) is 2.70. The van der Waals surface area contributed by atoms with Gasteiger partial charge < -0.3 is 14.4 Å². The van der Waals surface area contributed by atoms with Crippen LogP contribution >= 0.6 is 15.9 Å². The Kier molecular flexibility index (Phi) is 6.64. The molecular weight excluding hydrogens is 408 g/mol. The molecule has 0 spiro atoms. The van der Waals surface area contributed by atoms with Crippen LogP contribution in [0.25, 0.3) is 6.08 Å². The summed E-state index contributed by atoms with van der Waals surface area (Å²) >= 11 is 3.50. The van der Waals surface area contributed by atoms with Crippen molar-refractivity contribution in [2.24, 2.45) is 0 Å². The van der Waals surface area contributed by atoms with Crippen molar-refractivity contribution in [3.63, 3.8) is 0 Å². The standard InChI is InChI=1S/C21H19BrN2O3/c22-19-13-17(6-7-20(19)27-15-16-4-2-1-3-5-16)12-18(14-23)21(25)24-8-10-26-11-9-24/h1-7,12-13H,8-11,15H2/b18-12-. The van der Waals surface area contributed by atoms with Gasteiger partial charge in [0.1, 0.15) is 24.0 Å². The van der Waals surface area contributed by atoms with E-state index in [-0.39, 0.29) is 11.5 Å². The Balaban J connectivity index is 1.70. The van der Waals surface area contributed by atoms with Crippen LogP contribution in [0, 0.1) is 11.3 Å². The molecule has 0 unspecified atom stereocenters. The third-order valence-electron chi connectivity index (χ3n) is 4.15. The van der Waals surface area contributed by atoms with Crippen molar-refractivity contribution in [2.45, 2.75) is 6.61 Å². The van der Waals surface area contributed by atoms with Gasteiger partial charge in [-0.25, -0.2) is 0 Å². The summed E-state index contributed by atoms with van der Waals surface area (Å²) in [5, 5.41) is 9.39. The smallest absolute Gasteiger partial charge is 0.264 e. The molecule has 6 heteroatoms. The molecule has 1 fully saturated rings. The number of nitrogens with zero attached hydrogens (tertiary/aromatic N) is 2. The summed E-state index contributed by atoms with van der Waals surface area (Å²) in [6.45, 7) is 2.49. The third-order valence-corrected chi connectivity index (χ3v) is 4.77. The molecule has 1 saturated heterocycles. The molecule has 27 heavy (non-hydrogen) atoms. The van der Waals surface area contributed by atoms with E-state index >= 15 is 0 Å². The first-order chi connectivity index (χ1) is 13.2. The van der Waals surface area contributed by atoms with Crippen molar-refractivity contribution < 1.29 is 14.3 Å². The summed E-state index contributed by atoms with van der Waals surface area (Å²) in [7, 11) is 0. The molecule has 1 aliphatic heterocycles. The Labute approximate surface area is 166 Å². The van der Waals surface area contributed by atoms with Gasteiger partial charge in [0.05, 0.1) is 17.7 Å². The largest absolute Gasteiger partial charge is 0.488 e. The van der Waals surface area contributed by atoms with Gasteiger partial charge in [0, 0.05) is 13.1 Å². The highest BCUT2D eigenvalue weighted by atomic mass is 79.9. The molecule has 1 amide bonds. The number of benzene rings is 2. The van der Waals surface area contributed by atoms with E-state index in [0.717, 1.165) is 15.6 Å². The monoisotopic (exact) mass is 426 g/mol. The van der Waals surface area contributed by atoms with Crippen LogP contribution in [-0.4, -0.2) is 37.1 Å². The normalized spacial score (nSPS) is 14.5. The van der Waals surface area contributed by atoms with Crippen molar-refractivity contribution in [1.29, 1.82) is 5.26 Å². The third kappa shape index (κ3) is 5.19. The lowest BCUT2D eigenvalue weighted by Crippen LogP contribution is -2.41. The Morgan fingerprint density at radius 3 is 2.63 bits per heavy atom. The Morgan fingerprint density at radius 1 is 1.22 bits per heavy atom. The van der Waals surface area contributed by atoms with E-state index < -0.39 is 0 Å². The molecule has 0 atom stereocenters. The van der Waals surface area contributed by atoms with Crippen molar-refractivity contribution >= 4 is 27.9 Å². The lowest BCUT2D eigenvalue weighted by atomic mass is 10.1. The van der Waals surface area contributed by atoms with Gasteiger partial charge in [-0.05, 0) is 45.3 Å². The second-order valence-corrected chi connectivity index (χ2v) is 6.89. The van der Waals surface area contributed by atoms with Gasteiger partial charge in [-0.3, -0.25) is 4.79 Å². The second kappa shape index (κ2) is 9.36. The summed E-state index contributed by atoms with van der Waals surface area (Å²) in [5.41, 5.74) is 1.95. The van der Waals surface area contributed by atoms with Gasteiger partial charge in [-0.1, -0.05) is 36.4 Å². The maximum atomic E-state index is 12.5. The first-order valence-electron chi connectivity index (χ1n) is 8.62. The molecule has 0 radical (unpaired) electrons. The van der Waals surface area contributed by atoms with Gasteiger partial charge in [-0.15, -0.1) is 0 Å². The van der Waals surface area contributed by atoms with Crippen LogP contribution in [0.5, 0.6) is 5.75 Å². The molecule has 0 aliphatic carbocycles.